The Morgan fingerprint density at radius 2 is 0.565 bits per heavy atom. The van der Waals surface area contributed by atoms with Crippen molar-refractivity contribution in [3.05, 3.63) is 191 Å². The van der Waals surface area contributed by atoms with Gasteiger partial charge in [-0.1, -0.05) is 262 Å². The SMILES string of the molecule is CCC(C(C)C)(C(c1ccccc1)P(c1ccc(C(C)(C)C)cc1)c1ccc(C(C)(C)C)cc1)C(c1ccccc1)P(c1ccc(C(C)(C)C)cc1)c1ccc(C(C)(C)C)cc1. The number of benzene rings is 6. The Bertz CT molecular complexity index is 2030. The van der Waals surface area contributed by atoms with E-state index in [1.165, 1.54) is 54.6 Å². The second-order valence-corrected chi connectivity index (χ2v) is 26.8. The van der Waals surface area contributed by atoms with Crippen molar-refractivity contribution in [1.82, 2.24) is 0 Å². The topological polar surface area (TPSA) is 0 Å². The van der Waals surface area contributed by atoms with E-state index in [0.29, 0.717) is 5.92 Å². The summed E-state index contributed by atoms with van der Waals surface area (Å²) in [5, 5.41) is 5.79. The molecule has 0 aliphatic rings. The Hall–Kier alpha value is -3.82. The molecule has 0 heterocycles. The van der Waals surface area contributed by atoms with Crippen molar-refractivity contribution < 1.29 is 0 Å². The van der Waals surface area contributed by atoms with Gasteiger partial charge in [-0.3, -0.25) is 0 Å². The quantitative estimate of drug-likeness (QED) is 0.108. The first kappa shape index (κ1) is 47.7. The van der Waals surface area contributed by atoms with E-state index >= 15 is 0 Å². The first-order valence-corrected chi connectivity index (χ1v) is 26.0. The van der Waals surface area contributed by atoms with E-state index in [4.69, 9.17) is 0 Å². The molecule has 0 radical (unpaired) electrons. The van der Waals surface area contributed by atoms with Crippen LogP contribution in [0.4, 0.5) is 0 Å². The minimum absolute atomic E-state index is 0.0684. The summed E-state index contributed by atoms with van der Waals surface area (Å²) in [5.74, 6) is 0.336. The molecule has 0 saturated heterocycles. The van der Waals surface area contributed by atoms with Crippen LogP contribution in [0.5, 0.6) is 0 Å². The molecule has 0 amide bonds. The third-order valence-corrected chi connectivity index (χ3v) is 19.5. The predicted molar refractivity (Wildman–Crippen MR) is 279 cm³/mol. The zero-order chi connectivity index (χ0) is 45.3. The monoisotopic (exact) mass is 859 g/mol. The molecule has 0 nitrogen and oxygen atoms in total. The maximum atomic E-state index is 2.55. The van der Waals surface area contributed by atoms with Crippen LogP contribution in [0.25, 0.3) is 0 Å². The zero-order valence-electron chi connectivity index (χ0n) is 40.8. The molecule has 0 N–H and O–H groups in total. The van der Waals surface area contributed by atoms with Gasteiger partial charge in [-0.05, 0) is 110 Å². The molecule has 0 spiro atoms. The van der Waals surface area contributed by atoms with Crippen LogP contribution < -0.4 is 21.2 Å². The summed E-state index contributed by atoms with van der Waals surface area (Å²) in [7, 11) is -1.86. The van der Waals surface area contributed by atoms with Crippen molar-refractivity contribution in [2.24, 2.45) is 11.3 Å². The lowest BCUT2D eigenvalue weighted by Crippen LogP contribution is -2.43. The van der Waals surface area contributed by atoms with Crippen molar-refractivity contribution in [3.63, 3.8) is 0 Å². The van der Waals surface area contributed by atoms with Crippen LogP contribution in [0.1, 0.15) is 155 Å². The molecule has 2 unspecified atom stereocenters. The molecular weight excluding hydrogens is 783 g/mol. The fourth-order valence-electron chi connectivity index (χ4n) is 9.63. The van der Waals surface area contributed by atoms with Crippen molar-refractivity contribution in [1.29, 1.82) is 0 Å². The molecule has 2 atom stereocenters. The zero-order valence-corrected chi connectivity index (χ0v) is 42.6. The van der Waals surface area contributed by atoms with Crippen LogP contribution in [0, 0.1) is 11.3 Å². The second-order valence-electron chi connectivity index (χ2n) is 22.2. The molecule has 6 aromatic rings. The van der Waals surface area contributed by atoms with Gasteiger partial charge in [-0.25, -0.2) is 0 Å². The maximum Gasteiger partial charge on any atom is 0.0190 e. The van der Waals surface area contributed by atoms with Gasteiger partial charge in [0.15, 0.2) is 0 Å². The van der Waals surface area contributed by atoms with Crippen molar-refractivity contribution >= 4 is 37.1 Å². The van der Waals surface area contributed by atoms with Crippen molar-refractivity contribution in [3.8, 4) is 0 Å². The second kappa shape index (κ2) is 18.7. The number of rotatable bonds is 12. The molecule has 62 heavy (non-hydrogen) atoms. The van der Waals surface area contributed by atoms with Crippen molar-refractivity contribution in [2.75, 3.05) is 0 Å². The van der Waals surface area contributed by atoms with E-state index in [1.54, 1.807) is 0 Å². The van der Waals surface area contributed by atoms with Crippen LogP contribution in [0.3, 0.4) is 0 Å². The van der Waals surface area contributed by atoms with E-state index in [1.807, 2.05) is 0 Å². The van der Waals surface area contributed by atoms with Gasteiger partial charge in [0.25, 0.3) is 0 Å². The molecule has 6 rings (SSSR count). The normalized spacial score (nSPS) is 14.9. The first-order chi connectivity index (χ1) is 29.1. The molecular formula is C60H76P2. The van der Waals surface area contributed by atoms with Crippen LogP contribution in [0.15, 0.2) is 158 Å². The van der Waals surface area contributed by atoms with E-state index in [0.717, 1.165) is 6.42 Å². The third-order valence-electron chi connectivity index (χ3n) is 13.5. The average Bonchev–Trinajstić information content (AvgIpc) is 3.23. The van der Waals surface area contributed by atoms with Crippen LogP contribution >= 0.6 is 15.8 Å². The van der Waals surface area contributed by atoms with E-state index < -0.39 is 15.8 Å². The molecule has 6 aromatic carbocycles. The van der Waals surface area contributed by atoms with Crippen LogP contribution in [0.2, 0.25) is 0 Å². The fraction of sp³-hybridized carbons (Fsp3) is 0.400. The lowest BCUT2D eigenvalue weighted by atomic mass is 9.66. The highest BCUT2D eigenvalue weighted by Gasteiger charge is 2.54. The molecule has 2 heteroatoms. The minimum atomic E-state index is -0.930. The molecule has 0 aliphatic carbocycles. The Labute approximate surface area is 380 Å². The molecule has 0 bridgehead atoms. The summed E-state index contributed by atoms with van der Waals surface area (Å²) in [6.07, 6.45) is 1.03. The summed E-state index contributed by atoms with van der Waals surface area (Å²) in [6.45, 7) is 35.6. The van der Waals surface area contributed by atoms with Gasteiger partial charge in [-0.15, -0.1) is 0 Å². The maximum absolute atomic E-state index is 2.55. The summed E-state index contributed by atoms with van der Waals surface area (Å²) in [6, 6.07) is 62.8. The molecule has 0 saturated carbocycles. The van der Waals surface area contributed by atoms with Gasteiger partial charge < -0.3 is 0 Å². The van der Waals surface area contributed by atoms with Gasteiger partial charge in [0.2, 0.25) is 0 Å². The summed E-state index contributed by atoms with van der Waals surface area (Å²) >= 11 is 0. The summed E-state index contributed by atoms with van der Waals surface area (Å²) in [4.78, 5) is 0. The van der Waals surface area contributed by atoms with E-state index in [2.05, 4.69) is 262 Å². The smallest absolute Gasteiger partial charge is 0.0190 e. The van der Waals surface area contributed by atoms with Crippen LogP contribution in [-0.2, 0) is 21.7 Å². The summed E-state index contributed by atoms with van der Waals surface area (Å²) in [5.41, 5.74) is 8.88. The van der Waals surface area contributed by atoms with Crippen LogP contribution in [-0.4, -0.2) is 0 Å². The Morgan fingerprint density at radius 1 is 0.339 bits per heavy atom. The van der Waals surface area contributed by atoms with Crippen molar-refractivity contribution in [2.45, 2.75) is 143 Å². The van der Waals surface area contributed by atoms with Gasteiger partial charge in [0.05, 0.1) is 0 Å². The molecule has 0 fully saturated rings. The highest BCUT2D eigenvalue weighted by atomic mass is 31.1. The minimum Gasteiger partial charge on any atom is -0.0648 e. The van der Waals surface area contributed by atoms with Gasteiger partial charge >= 0.3 is 0 Å². The van der Waals surface area contributed by atoms with Gasteiger partial charge in [0.1, 0.15) is 0 Å². The highest BCUT2D eigenvalue weighted by molar-refractivity contribution is 7.74. The summed E-state index contributed by atoms with van der Waals surface area (Å²) < 4.78 is 0. The highest BCUT2D eigenvalue weighted by Crippen LogP contribution is 2.72. The Balaban J connectivity index is 1.75. The Kier molecular flexibility index (Phi) is 14.4. The molecule has 0 aliphatic heterocycles. The Morgan fingerprint density at radius 3 is 0.742 bits per heavy atom. The number of hydrogen-bond donors (Lipinski definition) is 0. The fourth-order valence-corrected chi connectivity index (χ4v) is 16.6. The van der Waals surface area contributed by atoms with Gasteiger partial charge in [0, 0.05) is 11.3 Å². The van der Waals surface area contributed by atoms with E-state index in [9.17, 15) is 0 Å². The molecule has 0 aromatic heterocycles. The van der Waals surface area contributed by atoms with Gasteiger partial charge in [-0.2, -0.15) is 0 Å². The lowest BCUT2D eigenvalue weighted by Gasteiger charge is -2.55. The lowest BCUT2D eigenvalue weighted by molar-refractivity contribution is 0.162. The van der Waals surface area contributed by atoms with E-state index in [-0.39, 0.29) is 38.4 Å². The third kappa shape index (κ3) is 10.3. The predicted octanol–water partition coefficient (Wildman–Crippen LogP) is 16.0. The number of hydrogen-bond acceptors (Lipinski definition) is 0. The first-order valence-electron chi connectivity index (χ1n) is 23.2. The largest absolute Gasteiger partial charge is 0.0648 e. The standard InChI is InChI=1S/C60H76P2/c1-16-60(43(2)3,54(44-23-19-17-20-24-44)61(50-35-27-46(28-36-50)56(4,5)6)51-37-29-47(30-38-51)57(7,8)9)55(45-25-21-18-22-26-45)62(52-39-31-48(32-40-52)58(10,11)12)53-41-33-49(34-42-53)59(13,14)15/h17-43,54-55H,16H2,1-15H3. The average molecular weight is 859 g/mol. The molecule has 326 valence electrons.